The minimum atomic E-state index is -1.82. The molecule has 8 heteroatoms. The average molecular weight is 462 g/mol. The van der Waals surface area contributed by atoms with Gasteiger partial charge in [0.1, 0.15) is 18.7 Å². The summed E-state index contributed by atoms with van der Waals surface area (Å²) in [4.78, 5) is 12.2. The highest BCUT2D eigenvalue weighted by atomic mass is 16.4. The van der Waals surface area contributed by atoms with Gasteiger partial charge >= 0.3 is 5.97 Å². The van der Waals surface area contributed by atoms with E-state index in [0.717, 1.165) is 19.3 Å². The van der Waals surface area contributed by atoms with Crippen molar-refractivity contribution in [2.45, 2.75) is 148 Å². The summed E-state index contributed by atoms with van der Waals surface area (Å²) in [7, 11) is 0. The Balaban J connectivity index is 4.46. The number of hydrogen-bond acceptors (Lipinski definition) is 7. The Kier molecular flexibility index (Phi) is 18.2. The van der Waals surface area contributed by atoms with Gasteiger partial charge in [0.15, 0.2) is 5.66 Å². The van der Waals surface area contributed by atoms with Gasteiger partial charge in [-0.25, -0.2) is 4.79 Å². The molecule has 0 aromatic heterocycles. The first-order chi connectivity index (χ1) is 15.2. The van der Waals surface area contributed by atoms with E-state index >= 15 is 0 Å². The molecule has 0 aliphatic carbocycles. The Morgan fingerprint density at radius 3 is 1.38 bits per heavy atom. The van der Waals surface area contributed by atoms with Gasteiger partial charge in [0.25, 0.3) is 0 Å². The molecular weight excluding hydrogens is 410 g/mol. The summed E-state index contributed by atoms with van der Waals surface area (Å²) >= 11 is 0. The van der Waals surface area contributed by atoms with E-state index in [2.05, 4.69) is 22.9 Å². The van der Waals surface area contributed by atoms with E-state index in [0.29, 0.717) is 6.42 Å². The zero-order chi connectivity index (χ0) is 24.4. The Hall–Kier alpha value is -0.770. The molecule has 0 saturated carbocycles. The highest BCUT2D eigenvalue weighted by molar-refractivity contribution is 5.79. The average Bonchev–Trinajstić information content (AvgIpc) is 2.68. The van der Waals surface area contributed by atoms with Crippen LogP contribution in [-0.2, 0) is 4.79 Å². The van der Waals surface area contributed by atoms with Crippen molar-refractivity contribution in [3.8, 4) is 0 Å². The molecule has 0 spiro atoms. The minimum absolute atomic E-state index is 0.467. The van der Waals surface area contributed by atoms with Gasteiger partial charge in [0, 0.05) is 0 Å². The molecule has 0 bridgehead atoms. The summed E-state index contributed by atoms with van der Waals surface area (Å²) in [5.74, 6) is -1.26. The first-order valence-corrected chi connectivity index (χ1v) is 12.7. The SMILES string of the molecule is CCCCCCCCCCCCCCCC(NC(C)O)C(NC(C)O)(NC(C)O)C(=O)O. The lowest BCUT2D eigenvalue weighted by atomic mass is 9.92. The summed E-state index contributed by atoms with van der Waals surface area (Å²) in [5, 5.41) is 47.6. The molecule has 0 saturated heterocycles. The second kappa shape index (κ2) is 18.6. The van der Waals surface area contributed by atoms with Crippen molar-refractivity contribution < 1.29 is 25.2 Å². The number of hydrogen-bond donors (Lipinski definition) is 7. The molecule has 32 heavy (non-hydrogen) atoms. The molecule has 0 fully saturated rings. The highest BCUT2D eigenvalue weighted by Gasteiger charge is 2.47. The van der Waals surface area contributed by atoms with Gasteiger partial charge in [0.2, 0.25) is 0 Å². The number of rotatable bonds is 22. The van der Waals surface area contributed by atoms with Crippen molar-refractivity contribution >= 4 is 5.97 Å². The summed E-state index contributed by atoms with van der Waals surface area (Å²) in [6.45, 7) is 6.61. The monoisotopic (exact) mass is 461 g/mol. The predicted molar refractivity (Wildman–Crippen MR) is 129 cm³/mol. The number of carboxylic acids is 1. The molecule has 7 N–H and O–H groups in total. The molecule has 0 rings (SSSR count). The van der Waals surface area contributed by atoms with Crippen LogP contribution in [0.2, 0.25) is 0 Å². The molecule has 0 aromatic carbocycles. The van der Waals surface area contributed by atoms with Crippen LogP contribution in [0.4, 0.5) is 0 Å². The fourth-order valence-electron chi connectivity index (χ4n) is 4.26. The summed E-state index contributed by atoms with van der Waals surface area (Å²) in [6, 6.07) is -0.739. The van der Waals surface area contributed by atoms with Crippen LogP contribution >= 0.6 is 0 Å². The number of carboxylic acid groups (broad SMARTS) is 1. The predicted octanol–water partition coefficient (Wildman–Crippen LogP) is 3.40. The molecule has 0 heterocycles. The van der Waals surface area contributed by atoms with Crippen LogP contribution in [0, 0.1) is 0 Å². The molecule has 0 aliphatic rings. The van der Waals surface area contributed by atoms with E-state index in [1.165, 1.54) is 85.0 Å². The van der Waals surface area contributed by atoms with Gasteiger partial charge in [0.05, 0.1) is 6.04 Å². The van der Waals surface area contributed by atoms with Gasteiger partial charge in [-0.15, -0.1) is 0 Å². The summed E-state index contributed by atoms with van der Waals surface area (Å²) in [5.41, 5.74) is -1.82. The largest absolute Gasteiger partial charge is 0.479 e. The van der Waals surface area contributed by atoms with Crippen LogP contribution in [-0.4, -0.2) is 56.8 Å². The Morgan fingerprint density at radius 2 is 1.06 bits per heavy atom. The molecule has 8 nitrogen and oxygen atoms in total. The Bertz CT molecular complexity index is 451. The quantitative estimate of drug-likeness (QED) is 0.0963. The maximum atomic E-state index is 12.2. The van der Waals surface area contributed by atoms with Crippen LogP contribution < -0.4 is 16.0 Å². The third kappa shape index (κ3) is 14.4. The fraction of sp³-hybridized carbons (Fsp3) is 0.958. The van der Waals surface area contributed by atoms with E-state index < -0.39 is 36.4 Å². The van der Waals surface area contributed by atoms with Crippen LogP contribution in [0.15, 0.2) is 0 Å². The maximum absolute atomic E-state index is 12.2. The van der Waals surface area contributed by atoms with Gasteiger partial charge in [-0.05, 0) is 27.2 Å². The van der Waals surface area contributed by atoms with Crippen molar-refractivity contribution in [3.05, 3.63) is 0 Å². The molecule has 192 valence electrons. The van der Waals surface area contributed by atoms with Gasteiger partial charge in [-0.3, -0.25) is 16.0 Å². The lowest BCUT2D eigenvalue weighted by Gasteiger charge is -2.41. The van der Waals surface area contributed by atoms with E-state index in [4.69, 9.17) is 0 Å². The number of nitrogens with one attached hydrogen (secondary N) is 3. The maximum Gasteiger partial charge on any atom is 0.340 e. The molecule has 4 unspecified atom stereocenters. The number of unbranched alkanes of at least 4 members (excludes halogenated alkanes) is 12. The Labute approximate surface area is 195 Å². The third-order valence-electron chi connectivity index (χ3n) is 5.77. The third-order valence-corrected chi connectivity index (χ3v) is 5.77. The first kappa shape index (κ1) is 31.2. The van der Waals surface area contributed by atoms with E-state index in [1.54, 1.807) is 0 Å². The first-order valence-electron chi connectivity index (χ1n) is 12.7. The second-order valence-corrected chi connectivity index (χ2v) is 9.18. The summed E-state index contributed by atoms with van der Waals surface area (Å²) < 4.78 is 0. The standard InChI is InChI=1S/C24H51N3O5/c1-5-6-7-8-9-10-11-12-13-14-15-16-17-18-22(25-19(2)28)24(23(31)32,26-20(3)29)27-21(4)30/h19-22,25-30H,5-18H2,1-4H3,(H,31,32). The fourth-order valence-corrected chi connectivity index (χ4v) is 4.26. The molecule has 0 amide bonds. The zero-order valence-electron chi connectivity index (χ0n) is 20.9. The van der Waals surface area contributed by atoms with Gasteiger partial charge in [-0.2, -0.15) is 0 Å². The van der Waals surface area contributed by atoms with Crippen molar-refractivity contribution in [1.82, 2.24) is 16.0 Å². The summed E-state index contributed by atoms with van der Waals surface area (Å²) in [6.07, 6.45) is 13.2. The van der Waals surface area contributed by atoms with Gasteiger partial charge in [-0.1, -0.05) is 90.4 Å². The minimum Gasteiger partial charge on any atom is -0.479 e. The lowest BCUT2D eigenvalue weighted by molar-refractivity contribution is -0.153. The van der Waals surface area contributed by atoms with E-state index in [-0.39, 0.29) is 0 Å². The van der Waals surface area contributed by atoms with Gasteiger partial charge < -0.3 is 20.4 Å². The molecule has 0 aromatic rings. The smallest absolute Gasteiger partial charge is 0.340 e. The van der Waals surface area contributed by atoms with Crippen molar-refractivity contribution in [2.75, 3.05) is 0 Å². The van der Waals surface area contributed by atoms with Crippen molar-refractivity contribution in [1.29, 1.82) is 0 Å². The number of aliphatic carboxylic acids is 1. The molecule has 0 radical (unpaired) electrons. The topological polar surface area (TPSA) is 134 Å². The molecular formula is C24H51N3O5. The normalized spacial score (nSPS) is 17.5. The highest BCUT2D eigenvalue weighted by Crippen LogP contribution is 2.19. The molecule has 4 atom stereocenters. The van der Waals surface area contributed by atoms with Crippen LogP contribution in [0.1, 0.15) is 118 Å². The van der Waals surface area contributed by atoms with Crippen molar-refractivity contribution in [3.63, 3.8) is 0 Å². The lowest BCUT2D eigenvalue weighted by Crippen LogP contribution is -2.75. The number of aliphatic hydroxyl groups is 3. The van der Waals surface area contributed by atoms with Crippen LogP contribution in [0.25, 0.3) is 0 Å². The van der Waals surface area contributed by atoms with E-state index in [1.807, 2.05) is 0 Å². The second-order valence-electron chi connectivity index (χ2n) is 9.18. The van der Waals surface area contributed by atoms with Crippen LogP contribution in [0.5, 0.6) is 0 Å². The van der Waals surface area contributed by atoms with Crippen LogP contribution in [0.3, 0.4) is 0 Å². The number of carbonyl (C=O) groups is 1. The zero-order valence-corrected chi connectivity index (χ0v) is 20.9. The molecule has 0 aliphatic heterocycles. The Morgan fingerprint density at radius 1 is 0.688 bits per heavy atom. The van der Waals surface area contributed by atoms with E-state index in [9.17, 15) is 25.2 Å². The van der Waals surface area contributed by atoms with Crippen molar-refractivity contribution in [2.24, 2.45) is 0 Å². The number of aliphatic hydroxyl groups excluding tert-OH is 3.